The first-order valence-corrected chi connectivity index (χ1v) is 7.74. The van der Waals surface area contributed by atoms with Crippen LogP contribution in [-0.4, -0.2) is 32.1 Å². The molecule has 0 radical (unpaired) electrons. The average molecular weight is 282 g/mol. The van der Waals surface area contributed by atoms with Gasteiger partial charge in [0.2, 0.25) is 0 Å². The van der Waals surface area contributed by atoms with E-state index in [0.29, 0.717) is 6.04 Å². The predicted octanol–water partition coefficient (Wildman–Crippen LogP) is 3.96. The second-order valence-electron chi connectivity index (χ2n) is 5.69. The second kappa shape index (κ2) is 7.96. The molecule has 2 nitrogen and oxygen atoms in total. The van der Waals surface area contributed by atoms with E-state index in [-0.39, 0.29) is 0 Å². The zero-order chi connectivity index (χ0) is 15.1. The average Bonchev–Trinajstić information content (AvgIpc) is 2.52. The number of rotatable bonds is 7. The minimum atomic E-state index is 0.433. The van der Waals surface area contributed by atoms with Gasteiger partial charge >= 0.3 is 0 Å². The third-order valence-electron chi connectivity index (χ3n) is 3.74. The zero-order valence-corrected chi connectivity index (χ0v) is 13.3. The van der Waals surface area contributed by atoms with Gasteiger partial charge in [-0.15, -0.1) is 0 Å². The van der Waals surface area contributed by atoms with Crippen molar-refractivity contribution >= 4 is 0 Å². The summed E-state index contributed by atoms with van der Waals surface area (Å²) in [6.45, 7) is 4.26. The molecule has 0 saturated heterocycles. The lowest BCUT2D eigenvalue weighted by Crippen LogP contribution is -2.25. The van der Waals surface area contributed by atoms with Gasteiger partial charge < -0.3 is 10.2 Å². The normalized spacial score (nSPS) is 12.6. The molecule has 0 amide bonds. The highest BCUT2D eigenvalue weighted by atomic mass is 15.1. The molecule has 1 unspecified atom stereocenters. The van der Waals surface area contributed by atoms with E-state index in [9.17, 15) is 0 Å². The molecule has 2 aromatic carbocycles. The lowest BCUT2D eigenvalue weighted by Gasteiger charge is -2.21. The first-order chi connectivity index (χ1) is 10.2. The number of benzene rings is 2. The lowest BCUT2D eigenvalue weighted by molar-refractivity contribution is 0.363. The summed E-state index contributed by atoms with van der Waals surface area (Å²) in [6.07, 6.45) is 1.13. The Morgan fingerprint density at radius 2 is 1.52 bits per heavy atom. The van der Waals surface area contributed by atoms with Crippen molar-refractivity contribution in [2.24, 2.45) is 0 Å². The fourth-order valence-corrected chi connectivity index (χ4v) is 2.56. The molecule has 2 heteroatoms. The molecular weight excluding hydrogens is 256 g/mol. The van der Waals surface area contributed by atoms with Crippen molar-refractivity contribution in [2.45, 2.75) is 19.4 Å². The van der Waals surface area contributed by atoms with Crippen LogP contribution in [0.2, 0.25) is 0 Å². The van der Waals surface area contributed by atoms with Crippen LogP contribution in [-0.2, 0) is 0 Å². The Hall–Kier alpha value is -1.64. The van der Waals surface area contributed by atoms with Crippen LogP contribution < -0.4 is 5.32 Å². The molecule has 0 aliphatic carbocycles. The lowest BCUT2D eigenvalue weighted by atomic mass is 9.99. The molecule has 1 atom stereocenters. The maximum Gasteiger partial charge on any atom is 0.0332 e. The minimum absolute atomic E-state index is 0.433. The van der Waals surface area contributed by atoms with Crippen molar-refractivity contribution in [3.63, 3.8) is 0 Å². The first kappa shape index (κ1) is 15.7. The molecule has 21 heavy (non-hydrogen) atoms. The standard InChI is InChI=1S/C19H26N2/c1-4-20-19(14-15-21(2)3)18-12-10-17(11-13-18)16-8-6-5-7-9-16/h5-13,19-20H,4,14-15H2,1-3H3. The molecule has 112 valence electrons. The van der Waals surface area contributed by atoms with Crippen molar-refractivity contribution in [1.82, 2.24) is 10.2 Å². The Morgan fingerprint density at radius 3 is 2.10 bits per heavy atom. The summed E-state index contributed by atoms with van der Waals surface area (Å²) in [6, 6.07) is 19.9. The Morgan fingerprint density at radius 1 is 0.905 bits per heavy atom. The molecule has 0 fully saturated rings. The van der Waals surface area contributed by atoms with E-state index in [1.165, 1.54) is 16.7 Å². The fraction of sp³-hybridized carbons (Fsp3) is 0.368. The maximum atomic E-state index is 3.59. The minimum Gasteiger partial charge on any atom is -0.310 e. The van der Waals surface area contributed by atoms with Gasteiger partial charge in [0.25, 0.3) is 0 Å². The summed E-state index contributed by atoms with van der Waals surface area (Å²) in [5, 5.41) is 3.59. The Bertz CT molecular complexity index is 517. The van der Waals surface area contributed by atoms with Gasteiger partial charge in [0, 0.05) is 6.04 Å². The van der Waals surface area contributed by atoms with Crippen molar-refractivity contribution in [3.05, 3.63) is 60.2 Å². The number of nitrogens with one attached hydrogen (secondary N) is 1. The zero-order valence-electron chi connectivity index (χ0n) is 13.3. The van der Waals surface area contributed by atoms with Gasteiger partial charge in [-0.2, -0.15) is 0 Å². The van der Waals surface area contributed by atoms with Crippen molar-refractivity contribution in [2.75, 3.05) is 27.2 Å². The number of hydrogen-bond donors (Lipinski definition) is 1. The maximum absolute atomic E-state index is 3.59. The molecule has 0 aromatic heterocycles. The summed E-state index contributed by atoms with van der Waals surface area (Å²) in [5.41, 5.74) is 3.93. The Balaban J connectivity index is 2.11. The highest BCUT2D eigenvalue weighted by molar-refractivity contribution is 5.63. The molecule has 0 bridgehead atoms. The predicted molar refractivity (Wildman–Crippen MR) is 91.5 cm³/mol. The van der Waals surface area contributed by atoms with Crippen molar-refractivity contribution in [3.8, 4) is 11.1 Å². The third-order valence-corrected chi connectivity index (χ3v) is 3.74. The number of nitrogens with zero attached hydrogens (tertiary/aromatic N) is 1. The quantitative estimate of drug-likeness (QED) is 0.827. The van der Waals surface area contributed by atoms with Crippen LogP contribution in [0.25, 0.3) is 11.1 Å². The summed E-state index contributed by atoms with van der Waals surface area (Å²) < 4.78 is 0. The van der Waals surface area contributed by atoms with Crippen molar-refractivity contribution in [1.29, 1.82) is 0 Å². The van der Waals surface area contributed by atoms with E-state index in [4.69, 9.17) is 0 Å². The summed E-state index contributed by atoms with van der Waals surface area (Å²) in [7, 11) is 4.25. The third kappa shape index (κ3) is 4.69. The monoisotopic (exact) mass is 282 g/mol. The van der Waals surface area contributed by atoms with Gasteiger partial charge in [0.1, 0.15) is 0 Å². The van der Waals surface area contributed by atoms with E-state index in [1.807, 2.05) is 0 Å². The Kier molecular flexibility index (Phi) is 5.97. The van der Waals surface area contributed by atoms with Crippen LogP contribution in [0.15, 0.2) is 54.6 Å². The van der Waals surface area contributed by atoms with Crippen LogP contribution in [0.5, 0.6) is 0 Å². The van der Waals surface area contributed by atoms with E-state index in [1.54, 1.807) is 0 Å². The van der Waals surface area contributed by atoms with Crippen LogP contribution in [0.4, 0.5) is 0 Å². The highest BCUT2D eigenvalue weighted by Gasteiger charge is 2.10. The second-order valence-corrected chi connectivity index (χ2v) is 5.69. The van der Waals surface area contributed by atoms with E-state index >= 15 is 0 Å². The van der Waals surface area contributed by atoms with E-state index < -0.39 is 0 Å². The summed E-state index contributed by atoms with van der Waals surface area (Å²) in [4.78, 5) is 2.24. The van der Waals surface area contributed by atoms with Gasteiger partial charge in [0.15, 0.2) is 0 Å². The molecule has 0 spiro atoms. The Labute approximate surface area is 128 Å². The summed E-state index contributed by atoms with van der Waals surface area (Å²) in [5.74, 6) is 0. The molecule has 0 saturated carbocycles. The first-order valence-electron chi connectivity index (χ1n) is 7.74. The van der Waals surface area contributed by atoms with Gasteiger partial charge in [-0.05, 0) is 50.3 Å². The molecule has 2 aromatic rings. The molecule has 0 aliphatic heterocycles. The van der Waals surface area contributed by atoms with Gasteiger partial charge in [0.05, 0.1) is 0 Å². The molecular formula is C19H26N2. The SMILES string of the molecule is CCNC(CCN(C)C)c1ccc(-c2ccccc2)cc1. The largest absolute Gasteiger partial charge is 0.310 e. The van der Waals surface area contributed by atoms with Crippen LogP contribution in [0.3, 0.4) is 0 Å². The van der Waals surface area contributed by atoms with Gasteiger partial charge in [-0.1, -0.05) is 61.5 Å². The van der Waals surface area contributed by atoms with Crippen LogP contribution >= 0.6 is 0 Å². The molecule has 1 N–H and O–H groups in total. The van der Waals surface area contributed by atoms with E-state index in [2.05, 4.69) is 85.8 Å². The van der Waals surface area contributed by atoms with E-state index in [0.717, 1.165) is 19.5 Å². The van der Waals surface area contributed by atoms with Crippen LogP contribution in [0.1, 0.15) is 24.9 Å². The highest BCUT2D eigenvalue weighted by Crippen LogP contribution is 2.23. The topological polar surface area (TPSA) is 15.3 Å². The van der Waals surface area contributed by atoms with Crippen LogP contribution in [0, 0.1) is 0 Å². The number of hydrogen-bond acceptors (Lipinski definition) is 2. The van der Waals surface area contributed by atoms with Gasteiger partial charge in [-0.25, -0.2) is 0 Å². The molecule has 0 aliphatic rings. The van der Waals surface area contributed by atoms with Gasteiger partial charge in [-0.3, -0.25) is 0 Å². The summed E-state index contributed by atoms with van der Waals surface area (Å²) >= 11 is 0. The van der Waals surface area contributed by atoms with Crippen molar-refractivity contribution < 1.29 is 0 Å². The smallest absolute Gasteiger partial charge is 0.0332 e. The molecule has 0 heterocycles. The fourth-order valence-electron chi connectivity index (χ4n) is 2.56. The molecule has 2 rings (SSSR count).